The molecule has 1 aliphatic heterocycles. The molecule has 0 aliphatic carbocycles. The maximum atomic E-state index is 5.94. The van der Waals surface area contributed by atoms with Crippen LogP contribution in [0.3, 0.4) is 0 Å². The van der Waals surface area contributed by atoms with E-state index in [4.69, 9.17) is 21.9 Å². The fourth-order valence-corrected chi connectivity index (χ4v) is 3.59. The molecule has 1 fully saturated rings. The highest BCUT2D eigenvalue weighted by atomic mass is 35.5. The van der Waals surface area contributed by atoms with E-state index in [1.165, 1.54) is 5.56 Å². The van der Waals surface area contributed by atoms with E-state index >= 15 is 0 Å². The summed E-state index contributed by atoms with van der Waals surface area (Å²) in [4.78, 5) is 7.05. The summed E-state index contributed by atoms with van der Waals surface area (Å²) in [6, 6.07) is 15.6. The van der Waals surface area contributed by atoms with Gasteiger partial charge in [-0.25, -0.2) is 0 Å². The molecule has 0 saturated carbocycles. The molecule has 2 N–H and O–H groups in total. The largest absolute Gasteiger partial charge is 0.399 e. The zero-order chi connectivity index (χ0) is 17.9. The van der Waals surface area contributed by atoms with Crippen molar-refractivity contribution < 1.29 is 4.52 Å². The molecule has 1 saturated heterocycles. The molecule has 2 heterocycles. The van der Waals surface area contributed by atoms with Crippen molar-refractivity contribution >= 4 is 29.7 Å². The molecule has 0 radical (unpaired) electrons. The number of likely N-dealkylation sites (tertiary alicyclic amines) is 1. The Morgan fingerprint density at radius 1 is 1.19 bits per heavy atom. The number of nitrogens with two attached hydrogens (primary N) is 1. The second kappa shape index (κ2) is 8.74. The fourth-order valence-electron chi connectivity index (χ4n) is 3.47. The van der Waals surface area contributed by atoms with Gasteiger partial charge in [-0.1, -0.05) is 28.9 Å². The number of anilines is 1. The molecule has 5 nitrogen and oxygen atoms in total. The molecule has 0 spiro atoms. The molecule has 4 rings (SSSR count). The summed E-state index contributed by atoms with van der Waals surface area (Å²) < 4.78 is 5.57. The standard InChI is InChI=1S/C20H21ClN4O.ClH/c21-17-8-6-15(7-9-17)19-23-20(26-24-19)16-4-2-10-25(13-16)12-14-3-1-5-18(22)11-14;/h1,3,5-9,11,16H,2,4,10,12-13,22H2;1H. The van der Waals surface area contributed by atoms with E-state index in [1.54, 1.807) is 0 Å². The fraction of sp³-hybridized carbons (Fsp3) is 0.300. The topological polar surface area (TPSA) is 68.2 Å². The first-order chi connectivity index (χ1) is 12.7. The third-order valence-electron chi connectivity index (χ3n) is 4.76. The van der Waals surface area contributed by atoms with Crippen molar-refractivity contribution in [3.05, 3.63) is 65.0 Å². The molecule has 7 heteroatoms. The van der Waals surface area contributed by atoms with Crippen LogP contribution in [0.1, 0.15) is 30.2 Å². The quantitative estimate of drug-likeness (QED) is 0.633. The molecule has 3 aromatic rings. The zero-order valence-corrected chi connectivity index (χ0v) is 16.4. The second-order valence-electron chi connectivity index (χ2n) is 6.78. The van der Waals surface area contributed by atoms with Gasteiger partial charge in [0.2, 0.25) is 11.7 Å². The van der Waals surface area contributed by atoms with Crippen LogP contribution in [-0.4, -0.2) is 28.1 Å². The summed E-state index contributed by atoms with van der Waals surface area (Å²) in [6.45, 7) is 2.88. The van der Waals surface area contributed by atoms with Gasteiger partial charge in [0.15, 0.2) is 0 Å². The lowest BCUT2D eigenvalue weighted by Gasteiger charge is -2.31. The van der Waals surface area contributed by atoms with Crippen molar-refractivity contribution in [1.82, 2.24) is 15.0 Å². The summed E-state index contributed by atoms with van der Waals surface area (Å²) in [6.07, 6.45) is 2.18. The van der Waals surface area contributed by atoms with Gasteiger partial charge in [0.05, 0.1) is 5.92 Å². The van der Waals surface area contributed by atoms with Crippen LogP contribution in [0, 0.1) is 0 Å². The van der Waals surface area contributed by atoms with Crippen molar-refractivity contribution in [3.8, 4) is 11.4 Å². The van der Waals surface area contributed by atoms with Gasteiger partial charge in [-0.3, -0.25) is 4.90 Å². The van der Waals surface area contributed by atoms with Crippen LogP contribution in [0.4, 0.5) is 5.69 Å². The molecule has 0 bridgehead atoms. The SMILES string of the molecule is Cl.Nc1cccc(CN2CCCC(c3nc(-c4ccc(Cl)cc4)no3)C2)c1. The summed E-state index contributed by atoms with van der Waals surface area (Å²) in [5, 5.41) is 4.84. The first-order valence-corrected chi connectivity index (χ1v) is 9.21. The van der Waals surface area contributed by atoms with Crippen LogP contribution in [0.15, 0.2) is 53.1 Å². The molecule has 142 valence electrons. The molecular formula is C20H22Cl2N4O. The Morgan fingerprint density at radius 2 is 2.00 bits per heavy atom. The Morgan fingerprint density at radius 3 is 2.78 bits per heavy atom. The Bertz CT molecular complexity index is 882. The molecule has 1 aliphatic rings. The minimum absolute atomic E-state index is 0. The van der Waals surface area contributed by atoms with Crippen LogP contribution in [-0.2, 0) is 6.54 Å². The Kier molecular flexibility index (Phi) is 6.37. The first-order valence-electron chi connectivity index (χ1n) is 8.84. The smallest absolute Gasteiger partial charge is 0.231 e. The maximum Gasteiger partial charge on any atom is 0.231 e. The average molecular weight is 405 g/mol. The number of nitrogens with zero attached hydrogens (tertiary/aromatic N) is 3. The van der Waals surface area contributed by atoms with E-state index < -0.39 is 0 Å². The molecule has 1 aromatic heterocycles. The lowest BCUT2D eigenvalue weighted by atomic mass is 9.97. The second-order valence-corrected chi connectivity index (χ2v) is 7.22. The molecule has 1 atom stereocenters. The lowest BCUT2D eigenvalue weighted by Crippen LogP contribution is -2.34. The Hall–Kier alpha value is -2.08. The van der Waals surface area contributed by atoms with Crippen molar-refractivity contribution in [1.29, 1.82) is 0 Å². The predicted octanol–water partition coefficient (Wildman–Crippen LogP) is 4.77. The van der Waals surface area contributed by atoms with Gasteiger partial charge in [0.1, 0.15) is 0 Å². The van der Waals surface area contributed by atoms with E-state index in [1.807, 2.05) is 42.5 Å². The number of rotatable bonds is 4. The maximum absolute atomic E-state index is 5.94. The zero-order valence-electron chi connectivity index (χ0n) is 14.8. The van der Waals surface area contributed by atoms with E-state index in [2.05, 4.69) is 21.1 Å². The molecular weight excluding hydrogens is 383 g/mol. The third kappa shape index (κ3) is 4.80. The number of piperidine rings is 1. The van der Waals surface area contributed by atoms with Gasteiger partial charge in [-0.2, -0.15) is 4.98 Å². The molecule has 0 amide bonds. The minimum atomic E-state index is 0. The summed E-state index contributed by atoms with van der Waals surface area (Å²) in [5.74, 6) is 1.59. The highest BCUT2D eigenvalue weighted by Gasteiger charge is 2.26. The van der Waals surface area contributed by atoms with Crippen molar-refractivity contribution in [2.75, 3.05) is 18.8 Å². The third-order valence-corrected chi connectivity index (χ3v) is 5.01. The summed E-state index contributed by atoms with van der Waals surface area (Å²) >= 11 is 5.94. The molecule has 2 aromatic carbocycles. The lowest BCUT2D eigenvalue weighted by molar-refractivity contribution is 0.180. The van der Waals surface area contributed by atoms with Gasteiger partial charge in [-0.15, -0.1) is 12.4 Å². The first kappa shape index (κ1) is 19.7. The van der Waals surface area contributed by atoms with Crippen molar-refractivity contribution in [2.24, 2.45) is 0 Å². The van der Waals surface area contributed by atoms with E-state index in [9.17, 15) is 0 Å². The number of halogens is 2. The van der Waals surface area contributed by atoms with Crippen LogP contribution < -0.4 is 5.73 Å². The van der Waals surface area contributed by atoms with E-state index in [-0.39, 0.29) is 18.3 Å². The average Bonchev–Trinajstić information content (AvgIpc) is 3.13. The van der Waals surface area contributed by atoms with Crippen LogP contribution in [0.5, 0.6) is 0 Å². The van der Waals surface area contributed by atoms with Crippen molar-refractivity contribution in [2.45, 2.75) is 25.3 Å². The van der Waals surface area contributed by atoms with Gasteiger partial charge in [-0.05, 0) is 61.3 Å². The number of benzene rings is 2. The number of nitrogen functional groups attached to an aromatic ring is 1. The van der Waals surface area contributed by atoms with Crippen LogP contribution >= 0.6 is 24.0 Å². The van der Waals surface area contributed by atoms with Crippen LogP contribution in [0.2, 0.25) is 5.02 Å². The summed E-state index contributed by atoms with van der Waals surface area (Å²) in [7, 11) is 0. The van der Waals surface area contributed by atoms with Gasteiger partial charge in [0, 0.05) is 29.4 Å². The molecule has 1 unspecified atom stereocenters. The number of hydrogen-bond donors (Lipinski definition) is 1. The van der Waals surface area contributed by atoms with E-state index in [0.29, 0.717) is 16.7 Å². The highest BCUT2D eigenvalue weighted by molar-refractivity contribution is 6.30. The number of aromatic nitrogens is 2. The van der Waals surface area contributed by atoms with Crippen LogP contribution in [0.25, 0.3) is 11.4 Å². The van der Waals surface area contributed by atoms with Gasteiger partial charge >= 0.3 is 0 Å². The number of hydrogen-bond acceptors (Lipinski definition) is 5. The highest BCUT2D eigenvalue weighted by Crippen LogP contribution is 2.28. The molecule has 27 heavy (non-hydrogen) atoms. The Labute approximate surface area is 169 Å². The predicted molar refractivity (Wildman–Crippen MR) is 110 cm³/mol. The normalized spacial score (nSPS) is 17.4. The van der Waals surface area contributed by atoms with Crippen molar-refractivity contribution in [3.63, 3.8) is 0 Å². The van der Waals surface area contributed by atoms with Gasteiger partial charge in [0.25, 0.3) is 0 Å². The van der Waals surface area contributed by atoms with E-state index in [0.717, 1.165) is 43.7 Å². The Balaban J connectivity index is 0.00000210. The summed E-state index contributed by atoms with van der Waals surface area (Å²) in [5.41, 5.74) is 8.84. The minimum Gasteiger partial charge on any atom is -0.399 e. The monoisotopic (exact) mass is 404 g/mol. The van der Waals surface area contributed by atoms with Gasteiger partial charge < -0.3 is 10.3 Å².